The Hall–Kier alpha value is -1.39. The van der Waals surface area contributed by atoms with Crippen LogP contribution in [0.3, 0.4) is 0 Å². The van der Waals surface area contributed by atoms with Crippen molar-refractivity contribution in [2.45, 2.75) is 39.3 Å². The van der Waals surface area contributed by atoms with Crippen molar-refractivity contribution < 1.29 is 9.90 Å². The third kappa shape index (κ3) is 4.13. The molecule has 0 bridgehead atoms. The third-order valence-electron chi connectivity index (χ3n) is 3.18. The molecule has 1 aromatic rings. The van der Waals surface area contributed by atoms with Gasteiger partial charge >= 0.3 is 0 Å². The average Bonchev–Trinajstić information content (AvgIpc) is 2.35. The van der Waals surface area contributed by atoms with E-state index in [9.17, 15) is 4.79 Å². The summed E-state index contributed by atoms with van der Waals surface area (Å²) in [5.74, 6) is -0.399. The number of primary amides is 1. The number of aliphatic hydroxyl groups is 1. The molecule has 0 saturated heterocycles. The first-order valence-corrected chi connectivity index (χ1v) is 6.32. The maximum Gasteiger partial charge on any atom is 0.248 e. The highest BCUT2D eigenvalue weighted by Crippen LogP contribution is 2.11. The lowest BCUT2D eigenvalue weighted by molar-refractivity contribution is 0.1000. The van der Waals surface area contributed by atoms with Gasteiger partial charge in [0.15, 0.2) is 0 Å². The maximum absolute atomic E-state index is 11.0. The average molecular weight is 250 g/mol. The molecule has 1 amide bonds. The van der Waals surface area contributed by atoms with Gasteiger partial charge in [-0.3, -0.25) is 4.79 Å². The molecule has 0 saturated carbocycles. The first-order valence-electron chi connectivity index (χ1n) is 6.32. The number of hydrogen-bond acceptors (Lipinski definition) is 3. The van der Waals surface area contributed by atoms with Crippen molar-refractivity contribution in [3.8, 4) is 0 Å². The van der Waals surface area contributed by atoms with Crippen LogP contribution >= 0.6 is 0 Å². The molecule has 1 rings (SSSR count). The Morgan fingerprint density at radius 2 is 2.22 bits per heavy atom. The van der Waals surface area contributed by atoms with E-state index in [2.05, 4.69) is 12.2 Å². The highest BCUT2D eigenvalue weighted by atomic mass is 16.3. The van der Waals surface area contributed by atoms with Crippen molar-refractivity contribution >= 4 is 5.91 Å². The summed E-state index contributed by atoms with van der Waals surface area (Å²) in [6.07, 6.45) is 1.74. The lowest BCUT2D eigenvalue weighted by Gasteiger charge is -2.16. The summed E-state index contributed by atoms with van der Waals surface area (Å²) < 4.78 is 0. The number of nitrogens with one attached hydrogen (secondary N) is 1. The Balaban J connectivity index is 2.65. The van der Waals surface area contributed by atoms with E-state index in [4.69, 9.17) is 10.8 Å². The standard InChI is InChI=1S/C14H22N2O2/c1-3-13(6-7-17)16-9-12-5-4-11(14(15)18)8-10(12)2/h4-5,8,13,16-17H,3,6-7,9H2,1-2H3,(H2,15,18). The summed E-state index contributed by atoms with van der Waals surface area (Å²) in [6.45, 7) is 5.00. The lowest BCUT2D eigenvalue weighted by atomic mass is 10.0. The fourth-order valence-electron chi connectivity index (χ4n) is 1.91. The zero-order valence-corrected chi connectivity index (χ0v) is 11.1. The number of benzene rings is 1. The van der Waals surface area contributed by atoms with Crippen molar-refractivity contribution in [2.24, 2.45) is 5.73 Å². The van der Waals surface area contributed by atoms with Gasteiger partial charge in [-0.2, -0.15) is 0 Å². The minimum Gasteiger partial charge on any atom is -0.396 e. The van der Waals surface area contributed by atoms with Gasteiger partial charge in [-0.25, -0.2) is 0 Å². The van der Waals surface area contributed by atoms with Crippen molar-refractivity contribution in [3.63, 3.8) is 0 Å². The van der Waals surface area contributed by atoms with Gasteiger partial charge in [-0.05, 0) is 43.0 Å². The zero-order chi connectivity index (χ0) is 13.5. The molecule has 1 unspecified atom stereocenters. The Morgan fingerprint density at radius 1 is 1.50 bits per heavy atom. The third-order valence-corrected chi connectivity index (χ3v) is 3.18. The van der Waals surface area contributed by atoms with Gasteiger partial charge < -0.3 is 16.2 Å². The summed E-state index contributed by atoms with van der Waals surface area (Å²) in [6, 6.07) is 5.81. The van der Waals surface area contributed by atoms with Gasteiger partial charge in [0.05, 0.1) is 0 Å². The van der Waals surface area contributed by atoms with Gasteiger partial charge in [0.25, 0.3) is 0 Å². The van der Waals surface area contributed by atoms with E-state index >= 15 is 0 Å². The molecular formula is C14H22N2O2. The van der Waals surface area contributed by atoms with Gasteiger partial charge in [0.1, 0.15) is 0 Å². The van der Waals surface area contributed by atoms with Crippen LogP contribution < -0.4 is 11.1 Å². The van der Waals surface area contributed by atoms with Crippen LogP contribution in [-0.4, -0.2) is 23.7 Å². The number of nitrogens with two attached hydrogens (primary N) is 1. The van der Waals surface area contributed by atoms with Crippen LogP contribution in [0.1, 0.15) is 41.3 Å². The van der Waals surface area contributed by atoms with Crippen LogP contribution in [0.4, 0.5) is 0 Å². The molecule has 0 aliphatic carbocycles. The van der Waals surface area contributed by atoms with Crippen molar-refractivity contribution in [3.05, 3.63) is 34.9 Å². The van der Waals surface area contributed by atoms with Crippen LogP contribution in [0.2, 0.25) is 0 Å². The normalized spacial score (nSPS) is 12.4. The van der Waals surface area contributed by atoms with E-state index in [1.54, 1.807) is 6.07 Å². The fourth-order valence-corrected chi connectivity index (χ4v) is 1.91. The van der Waals surface area contributed by atoms with Crippen LogP contribution in [0, 0.1) is 6.92 Å². The van der Waals surface area contributed by atoms with Crippen LogP contribution in [-0.2, 0) is 6.54 Å². The van der Waals surface area contributed by atoms with Crippen LogP contribution in [0.25, 0.3) is 0 Å². The van der Waals surface area contributed by atoms with Crippen LogP contribution in [0.5, 0.6) is 0 Å². The molecule has 4 heteroatoms. The second-order valence-corrected chi connectivity index (χ2v) is 4.50. The maximum atomic E-state index is 11.0. The SMILES string of the molecule is CCC(CCO)NCc1ccc(C(N)=O)cc1C. The second kappa shape index (κ2) is 7.13. The minimum absolute atomic E-state index is 0.200. The molecule has 1 atom stereocenters. The smallest absolute Gasteiger partial charge is 0.248 e. The van der Waals surface area contributed by atoms with Gasteiger partial charge in [-0.15, -0.1) is 0 Å². The van der Waals surface area contributed by atoms with E-state index in [1.165, 1.54) is 0 Å². The number of aliphatic hydroxyl groups excluding tert-OH is 1. The predicted molar refractivity (Wildman–Crippen MR) is 72.3 cm³/mol. The van der Waals surface area contributed by atoms with E-state index in [0.717, 1.165) is 30.5 Å². The first-order chi connectivity index (χ1) is 8.58. The number of carbonyl (C=O) groups excluding carboxylic acids is 1. The van der Waals surface area contributed by atoms with Gasteiger partial charge in [-0.1, -0.05) is 13.0 Å². The molecule has 0 aliphatic heterocycles. The minimum atomic E-state index is -0.399. The molecular weight excluding hydrogens is 228 g/mol. The Morgan fingerprint density at radius 3 is 2.72 bits per heavy atom. The topological polar surface area (TPSA) is 75.3 Å². The second-order valence-electron chi connectivity index (χ2n) is 4.50. The Bertz CT molecular complexity index is 405. The molecule has 1 aromatic carbocycles. The number of rotatable bonds is 7. The molecule has 18 heavy (non-hydrogen) atoms. The van der Waals surface area contributed by atoms with Crippen molar-refractivity contribution in [1.82, 2.24) is 5.32 Å². The summed E-state index contributed by atoms with van der Waals surface area (Å²) in [4.78, 5) is 11.0. The van der Waals surface area contributed by atoms with E-state index < -0.39 is 5.91 Å². The Kier molecular flexibility index (Phi) is 5.82. The molecule has 0 spiro atoms. The first kappa shape index (κ1) is 14.7. The van der Waals surface area contributed by atoms with E-state index in [1.807, 2.05) is 19.1 Å². The van der Waals surface area contributed by atoms with E-state index in [0.29, 0.717) is 11.6 Å². The predicted octanol–water partition coefficient (Wildman–Crippen LogP) is 1.34. The number of aryl methyl sites for hydroxylation is 1. The van der Waals surface area contributed by atoms with E-state index in [-0.39, 0.29) is 6.61 Å². The van der Waals surface area contributed by atoms with Crippen molar-refractivity contribution in [1.29, 1.82) is 0 Å². The number of amides is 1. The molecule has 0 heterocycles. The number of hydrogen-bond donors (Lipinski definition) is 3. The molecule has 0 aromatic heterocycles. The molecule has 4 N–H and O–H groups in total. The molecule has 0 fully saturated rings. The quantitative estimate of drug-likeness (QED) is 0.683. The van der Waals surface area contributed by atoms with Gasteiger partial charge in [0.2, 0.25) is 5.91 Å². The summed E-state index contributed by atoms with van der Waals surface area (Å²) in [5, 5.41) is 12.3. The summed E-state index contributed by atoms with van der Waals surface area (Å²) >= 11 is 0. The molecule has 4 nitrogen and oxygen atoms in total. The Labute approximate surface area is 108 Å². The fraction of sp³-hybridized carbons (Fsp3) is 0.500. The molecule has 0 radical (unpaired) electrons. The molecule has 100 valence electrons. The van der Waals surface area contributed by atoms with Gasteiger partial charge in [0, 0.05) is 24.8 Å². The monoisotopic (exact) mass is 250 g/mol. The van der Waals surface area contributed by atoms with Crippen molar-refractivity contribution in [2.75, 3.05) is 6.61 Å². The molecule has 0 aliphatic rings. The summed E-state index contributed by atoms with van der Waals surface area (Å²) in [5.41, 5.74) is 7.98. The largest absolute Gasteiger partial charge is 0.396 e. The highest BCUT2D eigenvalue weighted by molar-refractivity contribution is 5.93. The number of carbonyl (C=O) groups is 1. The lowest BCUT2D eigenvalue weighted by Crippen LogP contribution is -2.29. The highest BCUT2D eigenvalue weighted by Gasteiger charge is 2.07. The summed E-state index contributed by atoms with van der Waals surface area (Å²) in [7, 11) is 0. The zero-order valence-electron chi connectivity index (χ0n) is 11.1. The van der Waals surface area contributed by atoms with Crippen LogP contribution in [0.15, 0.2) is 18.2 Å².